The molecule has 3 rings (SSSR count). The van der Waals surface area contributed by atoms with E-state index in [0.29, 0.717) is 26.6 Å². The predicted molar refractivity (Wildman–Crippen MR) is 111 cm³/mol. The van der Waals surface area contributed by atoms with E-state index >= 15 is 0 Å². The Morgan fingerprint density at radius 3 is 2.79 bits per heavy atom. The summed E-state index contributed by atoms with van der Waals surface area (Å²) < 4.78 is 5.09. The summed E-state index contributed by atoms with van der Waals surface area (Å²) in [5.74, 6) is -0.708. The molecule has 9 heteroatoms. The van der Waals surface area contributed by atoms with Crippen molar-refractivity contribution in [1.82, 2.24) is 9.97 Å². The number of carbonyl (C=O) groups excluding carboxylic acids is 2. The number of para-hydroxylation sites is 1. The molecule has 2 aromatic heterocycles. The molecule has 0 radical (unpaired) electrons. The number of H-pyrrole nitrogens is 1. The van der Waals surface area contributed by atoms with Crippen molar-refractivity contribution in [3.05, 3.63) is 50.6 Å². The zero-order valence-corrected chi connectivity index (χ0v) is 17.3. The number of nitrogens with one attached hydrogen (secondary N) is 2. The van der Waals surface area contributed by atoms with E-state index in [0.717, 1.165) is 22.2 Å². The van der Waals surface area contributed by atoms with Crippen LogP contribution in [0.25, 0.3) is 10.9 Å². The van der Waals surface area contributed by atoms with Gasteiger partial charge in [-0.15, -0.1) is 11.3 Å². The van der Waals surface area contributed by atoms with Crippen molar-refractivity contribution in [3.8, 4) is 0 Å². The van der Waals surface area contributed by atoms with Gasteiger partial charge in [0.2, 0.25) is 5.91 Å². The molecule has 1 aromatic carbocycles. The Morgan fingerprint density at radius 2 is 2.04 bits per heavy atom. The highest BCUT2D eigenvalue weighted by Crippen LogP contribution is 2.33. The number of nitrogens with zero attached hydrogens (tertiary/aromatic N) is 1. The fourth-order valence-corrected chi connectivity index (χ4v) is 4.33. The third-order valence-electron chi connectivity index (χ3n) is 4.05. The van der Waals surface area contributed by atoms with Gasteiger partial charge in [0, 0.05) is 4.88 Å². The summed E-state index contributed by atoms with van der Waals surface area (Å²) in [5, 5.41) is 4.11. The zero-order chi connectivity index (χ0) is 20.3. The van der Waals surface area contributed by atoms with Crippen molar-refractivity contribution in [2.24, 2.45) is 0 Å². The molecule has 0 aliphatic rings. The fraction of sp³-hybridized carbons (Fsp3) is 0.263. The molecule has 28 heavy (non-hydrogen) atoms. The number of rotatable bonds is 6. The van der Waals surface area contributed by atoms with Gasteiger partial charge in [-0.05, 0) is 38.5 Å². The van der Waals surface area contributed by atoms with Crippen LogP contribution in [-0.2, 0) is 9.53 Å². The van der Waals surface area contributed by atoms with Crippen LogP contribution in [-0.4, -0.2) is 34.2 Å². The molecule has 0 unspecified atom stereocenters. The molecule has 0 spiro atoms. The van der Waals surface area contributed by atoms with Crippen molar-refractivity contribution in [2.45, 2.75) is 25.9 Å². The first-order valence-corrected chi connectivity index (χ1v) is 10.4. The van der Waals surface area contributed by atoms with Crippen LogP contribution in [0.3, 0.4) is 0 Å². The van der Waals surface area contributed by atoms with E-state index in [-0.39, 0.29) is 23.8 Å². The van der Waals surface area contributed by atoms with E-state index in [9.17, 15) is 14.4 Å². The van der Waals surface area contributed by atoms with E-state index in [4.69, 9.17) is 4.74 Å². The third-order valence-corrected chi connectivity index (χ3v) is 6.04. The quantitative estimate of drug-likeness (QED) is 0.362. The number of aryl methyl sites for hydroxylation is 1. The number of hydrogen-bond donors (Lipinski definition) is 2. The molecule has 0 saturated carbocycles. The van der Waals surface area contributed by atoms with Gasteiger partial charge >= 0.3 is 5.97 Å². The van der Waals surface area contributed by atoms with Crippen molar-refractivity contribution >= 4 is 50.9 Å². The van der Waals surface area contributed by atoms with Crippen molar-refractivity contribution in [2.75, 3.05) is 17.7 Å². The number of fused-ring (bicyclic) bond motifs is 1. The van der Waals surface area contributed by atoms with Gasteiger partial charge in [0.25, 0.3) is 5.56 Å². The van der Waals surface area contributed by atoms with Crippen molar-refractivity contribution < 1.29 is 14.3 Å². The van der Waals surface area contributed by atoms with Gasteiger partial charge in [-0.2, -0.15) is 0 Å². The van der Waals surface area contributed by atoms with Gasteiger partial charge in [0.15, 0.2) is 5.16 Å². The number of aromatic nitrogens is 2. The normalized spacial score (nSPS) is 10.8. The van der Waals surface area contributed by atoms with Gasteiger partial charge in [0.1, 0.15) is 5.00 Å². The Balaban J connectivity index is 1.73. The molecule has 2 N–H and O–H groups in total. The highest BCUT2D eigenvalue weighted by molar-refractivity contribution is 7.99. The van der Waals surface area contributed by atoms with Crippen LogP contribution in [0.4, 0.5) is 5.00 Å². The largest absolute Gasteiger partial charge is 0.462 e. The molecule has 3 aromatic rings. The lowest BCUT2D eigenvalue weighted by atomic mass is 10.1. The van der Waals surface area contributed by atoms with Crippen LogP contribution < -0.4 is 10.9 Å². The summed E-state index contributed by atoms with van der Waals surface area (Å²) in [7, 11) is 0. The minimum atomic E-state index is -0.451. The number of carbonyl (C=O) groups is 2. The van der Waals surface area contributed by atoms with Gasteiger partial charge in [-0.1, -0.05) is 23.9 Å². The molecule has 146 valence electrons. The van der Waals surface area contributed by atoms with Crippen molar-refractivity contribution in [1.29, 1.82) is 0 Å². The number of aromatic amines is 1. The summed E-state index contributed by atoms with van der Waals surface area (Å²) in [6.07, 6.45) is 0. The predicted octanol–water partition coefficient (Wildman–Crippen LogP) is 3.51. The van der Waals surface area contributed by atoms with Crippen LogP contribution in [0.5, 0.6) is 0 Å². The molecular formula is C19H19N3O4S2. The molecule has 0 aliphatic carbocycles. The Bertz CT molecular complexity index is 1100. The number of anilines is 1. The lowest BCUT2D eigenvalue weighted by Crippen LogP contribution is -2.17. The maximum atomic E-state index is 12.4. The molecule has 7 nitrogen and oxygen atoms in total. The summed E-state index contributed by atoms with van der Waals surface area (Å²) in [4.78, 5) is 44.7. The second-order valence-corrected chi connectivity index (χ2v) is 8.12. The zero-order valence-electron chi connectivity index (χ0n) is 15.6. The number of thiophene rings is 1. The fourth-order valence-electron chi connectivity index (χ4n) is 2.59. The molecule has 2 heterocycles. The number of thioether (sulfide) groups is 1. The molecule has 0 fully saturated rings. The summed E-state index contributed by atoms with van der Waals surface area (Å²) in [5.41, 5.74) is 1.51. The number of esters is 1. The highest BCUT2D eigenvalue weighted by Gasteiger charge is 2.22. The first-order valence-electron chi connectivity index (χ1n) is 8.59. The molecule has 0 aliphatic heterocycles. The smallest absolute Gasteiger partial charge is 0.341 e. The maximum absolute atomic E-state index is 12.4. The number of hydrogen-bond acceptors (Lipinski definition) is 7. The first kappa shape index (κ1) is 20.1. The van der Waals surface area contributed by atoms with E-state index in [1.807, 2.05) is 13.8 Å². The van der Waals surface area contributed by atoms with E-state index in [1.54, 1.807) is 31.2 Å². The summed E-state index contributed by atoms with van der Waals surface area (Å²) in [6.45, 7) is 5.71. The van der Waals surface area contributed by atoms with Gasteiger partial charge < -0.3 is 15.0 Å². The Kier molecular flexibility index (Phi) is 6.15. The second kappa shape index (κ2) is 8.57. The van der Waals surface area contributed by atoms with Gasteiger partial charge in [-0.3, -0.25) is 9.59 Å². The SMILES string of the molecule is CCOC(=O)c1c(NC(=O)CSc2nc3ccccc3c(=O)[nH]2)sc(C)c1C. The van der Waals surface area contributed by atoms with E-state index in [1.165, 1.54) is 11.3 Å². The van der Waals surface area contributed by atoms with Gasteiger partial charge in [0.05, 0.1) is 28.8 Å². The Labute approximate surface area is 169 Å². The first-order chi connectivity index (χ1) is 13.4. The molecule has 0 saturated heterocycles. The molecule has 0 atom stereocenters. The Morgan fingerprint density at radius 1 is 1.29 bits per heavy atom. The second-order valence-electron chi connectivity index (χ2n) is 5.93. The minimum Gasteiger partial charge on any atom is -0.462 e. The highest BCUT2D eigenvalue weighted by atomic mass is 32.2. The number of ether oxygens (including phenoxy) is 1. The topological polar surface area (TPSA) is 101 Å². The standard InChI is InChI=1S/C19H19N3O4S2/c1-4-26-18(25)15-10(2)11(3)28-17(15)21-14(23)9-27-19-20-13-8-6-5-7-12(13)16(24)22-19/h5-8H,4,9H2,1-3H3,(H,21,23)(H,20,22,24). The average molecular weight is 418 g/mol. The third kappa shape index (κ3) is 4.26. The molecule has 1 amide bonds. The lowest BCUT2D eigenvalue weighted by Gasteiger charge is -2.07. The summed E-state index contributed by atoms with van der Waals surface area (Å²) >= 11 is 2.46. The van der Waals surface area contributed by atoms with Crippen molar-refractivity contribution in [3.63, 3.8) is 0 Å². The molecule has 0 bridgehead atoms. The summed E-state index contributed by atoms with van der Waals surface area (Å²) in [6, 6.07) is 7.01. The molecular weight excluding hydrogens is 398 g/mol. The average Bonchev–Trinajstić information content (AvgIpc) is 2.94. The van der Waals surface area contributed by atoms with Crippen LogP contribution in [0, 0.1) is 13.8 Å². The van der Waals surface area contributed by atoms with Crippen LogP contribution in [0.15, 0.2) is 34.2 Å². The van der Waals surface area contributed by atoms with Crippen LogP contribution >= 0.6 is 23.1 Å². The van der Waals surface area contributed by atoms with Gasteiger partial charge in [-0.25, -0.2) is 9.78 Å². The van der Waals surface area contributed by atoms with E-state index < -0.39 is 5.97 Å². The number of amides is 1. The van der Waals surface area contributed by atoms with Crippen LogP contribution in [0.2, 0.25) is 0 Å². The van der Waals surface area contributed by atoms with Crippen LogP contribution in [0.1, 0.15) is 27.7 Å². The van der Waals surface area contributed by atoms with E-state index in [2.05, 4.69) is 15.3 Å². The minimum absolute atomic E-state index is 0.0412. The number of benzene rings is 1. The lowest BCUT2D eigenvalue weighted by molar-refractivity contribution is -0.113. The Hall–Kier alpha value is -2.65. The monoisotopic (exact) mass is 417 g/mol. The maximum Gasteiger partial charge on any atom is 0.341 e.